The summed E-state index contributed by atoms with van der Waals surface area (Å²) in [5.41, 5.74) is 4.83. The van der Waals surface area contributed by atoms with Crippen molar-refractivity contribution in [2.45, 2.75) is 33.4 Å². The zero-order chi connectivity index (χ0) is 20.1. The van der Waals surface area contributed by atoms with Crippen LogP contribution in [0.15, 0.2) is 60.9 Å². The first-order valence-corrected chi connectivity index (χ1v) is 9.38. The zero-order valence-corrected chi connectivity index (χ0v) is 16.8. The average molecular weight is 374 g/mol. The Balaban J connectivity index is 1.70. The molecule has 0 aliphatic heterocycles. The van der Waals surface area contributed by atoms with Gasteiger partial charge in [0.1, 0.15) is 5.82 Å². The van der Waals surface area contributed by atoms with Crippen molar-refractivity contribution in [3.05, 3.63) is 88.9 Å². The molecule has 5 nitrogen and oxygen atoms in total. The van der Waals surface area contributed by atoms with Gasteiger partial charge in [-0.2, -0.15) is 0 Å². The normalized spacial score (nSPS) is 12.0. The van der Waals surface area contributed by atoms with Crippen LogP contribution in [0.4, 0.5) is 5.82 Å². The SMILES string of the molecule is Cc1cc(C)nc(NC(=O)c2cccc(CN(C)[C@H](C)c3cccnc3)c2)c1. The molecule has 2 aromatic heterocycles. The number of amides is 1. The van der Waals surface area contributed by atoms with E-state index in [2.05, 4.69) is 40.2 Å². The number of nitrogens with one attached hydrogen (secondary N) is 1. The molecule has 0 fully saturated rings. The van der Waals surface area contributed by atoms with Crippen LogP contribution in [0.2, 0.25) is 0 Å². The summed E-state index contributed by atoms with van der Waals surface area (Å²) in [6.07, 6.45) is 3.67. The number of carbonyl (C=O) groups excluding carboxylic acids is 1. The number of hydrogen-bond donors (Lipinski definition) is 1. The van der Waals surface area contributed by atoms with Crippen LogP contribution in [0.1, 0.15) is 45.7 Å². The lowest BCUT2D eigenvalue weighted by molar-refractivity contribution is 0.102. The molecule has 2 heterocycles. The Morgan fingerprint density at radius 1 is 1.14 bits per heavy atom. The molecule has 144 valence electrons. The number of pyridine rings is 2. The predicted octanol–water partition coefficient (Wildman–Crippen LogP) is 4.54. The first kappa shape index (κ1) is 19.7. The summed E-state index contributed by atoms with van der Waals surface area (Å²) >= 11 is 0. The Labute approximate surface area is 166 Å². The molecule has 0 unspecified atom stereocenters. The van der Waals surface area contributed by atoms with Crippen LogP contribution < -0.4 is 5.32 Å². The van der Waals surface area contributed by atoms with Crippen molar-refractivity contribution in [3.63, 3.8) is 0 Å². The second kappa shape index (κ2) is 8.76. The molecule has 0 saturated heterocycles. The number of anilines is 1. The average Bonchev–Trinajstić information content (AvgIpc) is 2.67. The lowest BCUT2D eigenvalue weighted by atomic mass is 10.1. The summed E-state index contributed by atoms with van der Waals surface area (Å²) in [7, 11) is 2.07. The van der Waals surface area contributed by atoms with E-state index in [-0.39, 0.29) is 11.9 Å². The van der Waals surface area contributed by atoms with Gasteiger partial charge < -0.3 is 5.32 Å². The molecule has 0 radical (unpaired) electrons. The van der Waals surface area contributed by atoms with Gasteiger partial charge in [0, 0.05) is 36.2 Å². The Morgan fingerprint density at radius 2 is 1.96 bits per heavy atom. The maximum atomic E-state index is 12.7. The van der Waals surface area contributed by atoms with E-state index in [0.717, 1.165) is 23.4 Å². The first-order valence-electron chi connectivity index (χ1n) is 9.38. The highest BCUT2D eigenvalue weighted by molar-refractivity contribution is 6.03. The summed E-state index contributed by atoms with van der Waals surface area (Å²) < 4.78 is 0. The van der Waals surface area contributed by atoms with Gasteiger partial charge >= 0.3 is 0 Å². The third-order valence-corrected chi connectivity index (χ3v) is 4.79. The number of benzene rings is 1. The predicted molar refractivity (Wildman–Crippen MR) is 112 cm³/mol. The number of rotatable bonds is 6. The lowest BCUT2D eigenvalue weighted by Crippen LogP contribution is -2.22. The number of aryl methyl sites for hydroxylation is 2. The van der Waals surface area contributed by atoms with Gasteiger partial charge in [-0.05, 0) is 74.8 Å². The largest absolute Gasteiger partial charge is 0.307 e. The standard InChI is InChI=1S/C23H26N4O/c1-16-11-17(2)25-22(12-16)26-23(28)20-8-5-7-19(13-20)15-27(4)18(3)21-9-6-10-24-14-21/h5-14,18H,15H2,1-4H3,(H,25,26,28)/t18-/m1/s1. The van der Waals surface area contributed by atoms with Crippen LogP contribution in [0.25, 0.3) is 0 Å². The molecule has 0 spiro atoms. The quantitative estimate of drug-likeness (QED) is 0.688. The summed E-state index contributed by atoms with van der Waals surface area (Å²) in [4.78, 5) is 23.5. The highest BCUT2D eigenvalue weighted by Crippen LogP contribution is 2.20. The van der Waals surface area contributed by atoms with Crippen molar-refractivity contribution >= 4 is 11.7 Å². The fourth-order valence-electron chi connectivity index (χ4n) is 3.21. The minimum Gasteiger partial charge on any atom is -0.307 e. The molecule has 28 heavy (non-hydrogen) atoms. The maximum Gasteiger partial charge on any atom is 0.256 e. The summed E-state index contributed by atoms with van der Waals surface area (Å²) in [5, 5.41) is 2.90. The van der Waals surface area contributed by atoms with E-state index in [0.29, 0.717) is 11.4 Å². The minimum atomic E-state index is -0.151. The molecule has 1 atom stereocenters. The Bertz CT molecular complexity index is 936. The zero-order valence-electron chi connectivity index (χ0n) is 16.8. The van der Waals surface area contributed by atoms with Gasteiger partial charge in [-0.25, -0.2) is 4.98 Å². The van der Waals surface area contributed by atoms with Gasteiger partial charge in [0.15, 0.2) is 0 Å². The number of carbonyl (C=O) groups is 1. The van der Waals surface area contributed by atoms with E-state index in [9.17, 15) is 4.79 Å². The second-order valence-electron chi connectivity index (χ2n) is 7.20. The van der Waals surface area contributed by atoms with E-state index in [1.54, 1.807) is 6.20 Å². The van der Waals surface area contributed by atoms with Crippen molar-refractivity contribution in [2.75, 3.05) is 12.4 Å². The Kier molecular flexibility index (Phi) is 6.16. The minimum absolute atomic E-state index is 0.151. The van der Waals surface area contributed by atoms with Gasteiger partial charge in [0.2, 0.25) is 0 Å². The van der Waals surface area contributed by atoms with Gasteiger partial charge in [-0.3, -0.25) is 14.7 Å². The first-order chi connectivity index (χ1) is 13.4. The van der Waals surface area contributed by atoms with Gasteiger partial charge in [0.25, 0.3) is 5.91 Å². The lowest BCUT2D eigenvalue weighted by Gasteiger charge is -2.25. The van der Waals surface area contributed by atoms with E-state index < -0.39 is 0 Å². The molecule has 0 saturated carbocycles. The molecule has 1 aromatic carbocycles. The molecule has 0 bridgehead atoms. The molecule has 3 aromatic rings. The second-order valence-corrected chi connectivity index (χ2v) is 7.20. The summed E-state index contributed by atoms with van der Waals surface area (Å²) in [5.74, 6) is 0.428. The van der Waals surface area contributed by atoms with Crippen LogP contribution in [0, 0.1) is 13.8 Å². The fourth-order valence-corrected chi connectivity index (χ4v) is 3.21. The van der Waals surface area contributed by atoms with Crippen LogP contribution in [0.3, 0.4) is 0 Å². The van der Waals surface area contributed by atoms with Gasteiger partial charge in [-0.1, -0.05) is 18.2 Å². The molecule has 3 rings (SSSR count). The highest BCUT2D eigenvalue weighted by Gasteiger charge is 2.13. The van der Waals surface area contributed by atoms with Crippen LogP contribution in [-0.2, 0) is 6.54 Å². The summed E-state index contributed by atoms with van der Waals surface area (Å²) in [6.45, 7) is 6.80. The fraction of sp³-hybridized carbons (Fsp3) is 0.261. The molecule has 5 heteroatoms. The van der Waals surface area contributed by atoms with E-state index >= 15 is 0 Å². The van der Waals surface area contributed by atoms with Gasteiger partial charge in [-0.15, -0.1) is 0 Å². The van der Waals surface area contributed by atoms with Crippen LogP contribution >= 0.6 is 0 Å². The van der Waals surface area contributed by atoms with E-state index in [4.69, 9.17) is 0 Å². The smallest absolute Gasteiger partial charge is 0.256 e. The van der Waals surface area contributed by atoms with E-state index in [1.165, 1.54) is 5.56 Å². The Morgan fingerprint density at radius 3 is 2.68 bits per heavy atom. The third-order valence-electron chi connectivity index (χ3n) is 4.79. The van der Waals surface area contributed by atoms with Crippen LogP contribution in [0.5, 0.6) is 0 Å². The molecular weight excluding hydrogens is 348 g/mol. The van der Waals surface area contributed by atoms with Gasteiger partial charge in [0.05, 0.1) is 0 Å². The maximum absolute atomic E-state index is 12.7. The van der Waals surface area contributed by atoms with Crippen molar-refractivity contribution in [3.8, 4) is 0 Å². The number of aromatic nitrogens is 2. The van der Waals surface area contributed by atoms with Crippen molar-refractivity contribution in [1.29, 1.82) is 0 Å². The number of hydrogen-bond acceptors (Lipinski definition) is 4. The molecular formula is C23H26N4O. The Hall–Kier alpha value is -3.05. The topological polar surface area (TPSA) is 58.1 Å². The molecule has 1 amide bonds. The number of nitrogens with zero attached hydrogens (tertiary/aromatic N) is 3. The van der Waals surface area contributed by atoms with E-state index in [1.807, 2.05) is 62.5 Å². The molecule has 1 N–H and O–H groups in total. The van der Waals surface area contributed by atoms with Crippen molar-refractivity contribution < 1.29 is 4.79 Å². The molecule has 0 aliphatic carbocycles. The summed E-state index contributed by atoms with van der Waals surface area (Å²) in [6, 6.07) is 15.8. The van der Waals surface area contributed by atoms with Crippen molar-refractivity contribution in [2.24, 2.45) is 0 Å². The molecule has 0 aliphatic rings. The highest BCUT2D eigenvalue weighted by atomic mass is 16.1. The van der Waals surface area contributed by atoms with Crippen LogP contribution in [-0.4, -0.2) is 27.8 Å². The third kappa shape index (κ3) is 5.02. The van der Waals surface area contributed by atoms with Crippen molar-refractivity contribution in [1.82, 2.24) is 14.9 Å². The monoisotopic (exact) mass is 374 g/mol.